The molecule has 1 aromatic heterocycles. The van der Waals surface area contributed by atoms with Crippen molar-refractivity contribution in [2.24, 2.45) is 4.99 Å². The number of benzene rings is 3. The number of aliphatic imine (C=N–C) groups is 1. The van der Waals surface area contributed by atoms with Gasteiger partial charge in [-0.15, -0.1) is 0 Å². The number of nitrogens with zero attached hydrogens (tertiary/aromatic N) is 3. The van der Waals surface area contributed by atoms with Crippen molar-refractivity contribution >= 4 is 23.3 Å². The average molecular weight is 476 g/mol. The van der Waals surface area contributed by atoms with Crippen LogP contribution < -0.4 is 0 Å². The van der Waals surface area contributed by atoms with Gasteiger partial charge in [0.2, 0.25) is 0 Å². The molecule has 8 heteroatoms. The number of fused-ring (bicyclic) bond motifs is 3. The van der Waals surface area contributed by atoms with E-state index in [0.717, 1.165) is 5.56 Å². The van der Waals surface area contributed by atoms with Gasteiger partial charge in [-0.05, 0) is 42.0 Å². The highest BCUT2D eigenvalue weighted by atomic mass is 35.5. The molecule has 5 nitrogen and oxygen atoms in total. The van der Waals surface area contributed by atoms with E-state index in [4.69, 9.17) is 21.7 Å². The van der Waals surface area contributed by atoms with Crippen LogP contribution in [0.15, 0.2) is 71.9 Å². The van der Waals surface area contributed by atoms with Crippen LogP contribution in [0.25, 0.3) is 11.3 Å². The first-order valence-electron chi connectivity index (χ1n) is 10.4. The summed E-state index contributed by atoms with van der Waals surface area (Å²) in [6.07, 6.45) is 2.04. The van der Waals surface area contributed by atoms with Crippen LogP contribution in [0.2, 0.25) is 5.02 Å². The Morgan fingerprint density at radius 1 is 1.00 bits per heavy atom. The van der Waals surface area contributed by atoms with Gasteiger partial charge < -0.3 is 5.11 Å². The Kier molecular flexibility index (Phi) is 5.63. The number of carbonyl (C=O) groups is 1. The SMILES string of the molecule is O=C(O)c1ccc(Cc2ncc3c(n2)-c2ccc(Cl)cc2C(c2c(F)cccc2F)=NC3)cc1. The zero-order valence-corrected chi connectivity index (χ0v) is 18.4. The summed E-state index contributed by atoms with van der Waals surface area (Å²) in [5, 5.41) is 9.49. The van der Waals surface area contributed by atoms with Gasteiger partial charge in [-0.2, -0.15) is 0 Å². The molecule has 168 valence electrons. The van der Waals surface area contributed by atoms with Gasteiger partial charge in [0.05, 0.1) is 29.1 Å². The Labute approximate surface area is 198 Å². The molecular formula is C26H16ClF2N3O2. The first-order valence-corrected chi connectivity index (χ1v) is 10.7. The Balaban J connectivity index is 1.59. The number of halogens is 3. The number of aromatic carboxylic acids is 1. The van der Waals surface area contributed by atoms with Crippen LogP contribution in [0.1, 0.15) is 38.4 Å². The predicted molar refractivity (Wildman–Crippen MR) is 124 cm³/mol. The first-order chi connectivity index (χ1) is 16.4. The number of carboxylic acid groups (broad SMARTS) is 1. The summed E-state index contributed by atoms with van der Waals surface area (Å²) in [6.45, 7) is 0.137. The van der Waals surface area contributed by atoms with Crippen LogP contribution in [-0.2, 0) is 13.0 Å². The van der Waals surface area contributed by atoms with Gasteiger partial charge in [-0.1, -0.05) is 35.9 Å². The molecular weight excluding hydrogens is 460 g/mol. The Hall–Kier alpha value is -3.97. The number of carboxylic acids is 1. The third-order valence-electron chi connectivity index (χ3n) is 5.58. The van der Waals surface area contributed by atoms with E-state index in [2.05, 4.69) is 9.98 Å². The molecule has 3 aromatic carbocycles. The minimum absolute atomic E-state index is 0.137. The highest BCUT2D eigenvalue weighted by Gasteiger charge is 2.25. The monoisotopic (exact) mass is 475 g/mol. The normalized spacial score (nSPS) is 12.4. The van der Waals surface area contributed by atoms with E-state index >= 15 is 0 Å². The predicted octanol–water partition coefficient (Wildman–Crippen LogP) is 5.72. The molecule has 0 unspecified atom stereocenters. The van der Waals surface area contributed by atoms with Crippen LogP contribution in [0.4, 0.5) is 8.78 Å². The summed E-state index contributed by atoms with van der Waals surface area (Å²) in [5.41, 5.74) is 3.42. The molecule has 0 radical (unpaired) electrons. The fourth-order valence-electron chi connectivity index (χ4n) is 3.93. The van der Waals surface area contributed by atoms with Crippen molar-refractivity contribution in [3.8, 4) is 11.3 Å². The second-order valence-electron chi connectivity index (χ2n) is 7.79. The van der Waals surface area contributed by atoms with E-state index in [9.17, 15) is 13.6 Å². The van der Waals surface area contributed by atoms with Crippen LogP contribution >= 0.6 is 11.6 Å². The molecule has 1 aliphatic rings. The topological polar surface area (TPSA) is 75.4 Å². The van der Waals surface area contributed by atoms with Crippen molar-refractivity contribution in [3.63, 3.8) is 0 Å². The van der Waals surface area contributed by atoms with E-state index < -0.39 is 17.6 Å². The molecule has 0 atom stereocenters. The van der Waals surface area contributed by atoms with E-state index in [1.165, 1.54) is 30.3 Å². The summed E-state index contributed by atoms with van der Waals surface area (Å²) < 4.78 is 29.3. The Morgan fingerprint density at radius 3 is 2.44 bits per heavy atom. The second-order valence-corrected chi connectivity index (χ2v) is 8.23. The van der Waals surface area contributed by atoms with Crippen molar-refractivity contribution < 1.29 is 18.7 Å². The smallest absolute Gasteiger partial charge is 0.335 e. The zero-order chi connectivity index (χ0) is 23.8. The van der Waals surface area contributed by atoms with Crippen LogP contribution in [0.5, 0.6) is 0 Å². The first kappa shape index (κ1) is 21.9. The van der Waals surface area contributed by atoms with E-state index in [-0.39, 0.29) is 23.4 Å². The molecule has 0 aliphatic carbocycles. The third kappa shape index (κ3) is 4.06. The minimum Gasteiger partial charge on any atom is -0.478 e. The van der Waals surface area contributed by atoms with Gasteiger partial charge in [0.15, 0.2) is 0 Å². The molecule has 0 spiro atoms. The molecule has 2 heterocycles. The molecule has 0 fully saturated rings. The highest BCUT2D eigenvalue weighted by molar-refractivity contribution is 6.31. The highest BCUT2D eigenvalue weighted by Crippen LogP contribution is 2.34. The molecule has 5 rings (SSSR count). The van der Waals surface area contributed by atoms with Gasteiger partial charge in [0, 0.05) is 34.3 Å². The quantitative estimate of drug-likeness (QED) is 0.410. The van der Waals surface area contributed by atoms with Gasteiger partial charge in [0.1, 0.15) is 17.5 Å². The van der Waals surface area contributed by atoms with Crippen molar-refractivity contribution in [1.82, 2.24) is 9.97 Å². The van der Waals surface area contributed by atoms with Crippen molar-refractivity contribution in [2.75, 3.05) is 0 Å². The summed E-state index contributed by atoms with van der Waals surface area (Å²) >= 11 is 6.25. The number of hydrogen-bond donors (Lipinski definition) is 1. The number of rotatable bonds is 4. The van der Waals surface area contributed by atoms with E-state index in [1.807, 2.05) is 0 Å². The fourth-order valence-corrected chi connectivity index (χ4v) is 4.10. The molecule has 1 aliphatic heterocycles. The summed E-state index contributed by atoms with van der Waals surface area (Å²) in [4.78, 5) is 24.8. The zero-order valence-electron chi connectivity index (χ0n) is 17.6. The lowest BCUT2D eigenvalue weighted by atomic mass is 9.94. The molecule has 0 amide bonds. The van der Waals surface area contributed by atoms with E-state index in [1.54, 1.807) is 36.5 Å². The van der Waals surface area contributed by atoms with Gasteiger partial charge in [0.25, 0.3) is 0 Å². The lowest BCUT2D eigenvalue weighted by Gasteiger charge is -2.13. The average Bonchev–Trinajstić information content (AvgIpc) is 2.96. The third-order valence-corrected chi connectivity index (χ3v) is 5.81. The maximum atomic E-state index is 14.7. The van der Waals surface area contributed by atoms with Crippen LogP contribution in [0, 0.1) is 11.6 Å². The number of hydrogen-bond acceptors (Lipinski definition) is 4. The van der Waals surface area contributed by atoms with Gasteiger partial charge in [-0.3, -0.25) is 4.99 Å². The largest absolute Gasteiger partial charge is 0.478 e. The second kappa shape index (κ2) is 8.76. The van der Waals surface area contributed by atoms with E-state index in [0.29, 0.717) is 39.7 Å². The Morgan fingerprint density at radius 2 is 1.74 bits per heavy atom. The lowest BCUT2D eigenvalue weighted by Crippen LogP contribution is -2.10. The fraction of sp³-hybridized carbons (Fsp3) is 0.0769. The Bertz CT molecular complexity index is 1450. The van der Waals surface area contributed by atoms with Crippen molar-refractivity contribution in [3.05, 3.63) is 117 Å². The van der Waals surface area contributed by atoms with Crippen molar-refractivity contribution in [2.45, 2.75) is 13.0 Å². The number of aromatic nitrogens is 2. The maximum Gasteiger partial charge on any atom is 0.335 e. The lowest BCUT2D eigenvalue weighted by molar-refractivity contribution is 0.0697. The summed E-state index contributed by atoms with van der Waals surface area (Å²) in [5.74, 6) is -1.91. The molecule has 4 aromatic rings. The van der Waals surface area contributed by atoms with Crippen LogP contribution in [-0.4, -0.2) is 26.8 Å². The molecule has 0 bridgehead atoms. The van der Waals surface area contributed by atoms with Gasteiger partial charge >= 0.3 is 5.97 Å². The standard InChI is InChI=1S/C26H16ClF2N3O2/c27-17-8-9-18-19(11-17)25(23-20(28)2-1-3-21(23)29)31-13-16-12-30-22(32-24(16)18)10-14-4-6-15(7-5-14)26(33)34/h1-9,11-12H,10,13H2,(H,33,34). The summed E-state index contributed by atoms with van der Waals surface area (Å²) in [6, 6.07) is 15.3. The van der Waals surface area contributed by atoms with Gasteiger partial charge in [-0.25, -0.2) is 23.5 Å². The molecule has 0 saturated heterocycles. The molecule has 1 N–H and O–H groups in total. The maximum absolute atomic E-state index is 14.7. The summed E-state index contributed by atoms with van der Waals surface area (Å²) in [7, 11) is 0. The molecule has 34 heavy (non-hydrogen) atoms. The van der Waals surface area contributed by atoms with Crippen LogP contribution in [0.3, 0.4) is 0 Å². The molecule has 0 saturated carbocycles. The van der Waals surface area contributed by atoms with Crippen molar-refractivity contribution in [1.29, 1.82) is 0 Å². The minimum atomic E-state index is -0.995.